The van der Waals surface area contributed by atoms with Gasteiger partial charge >= 0.3 is 0 Å². The summed E-state index contributed by atoms with van der Waals surface area (Å²) in [6, 6.07) is 3.58. The summed E-state index contributed by atoms with van der Waals surface area (Å²) in [6.07, 6.45) is 1.59. The van der Waals surface area contributed by atoms with Crippen LogP contribution in [-0.4, -0.2) is 16.9 Å². The van der Waals surface area contributed by atoms with E-state index in [0.29, 0.717) is 10.0 Å². The second kappa shape index (κ2) is 5.19. The molecule has 16 heavy (non-hydrogen) atoms. The first kappa shape index (κ1) is 13.5. The van der Waals surface area contributed by atoms with Crippen molar-refractivity contribution in [3.63, 3.8) is 0 Å². The Hall–Kier alpha value is -0.550. The predicted molar refractivity (Wildman–Crippen MR) is 74.0 cm³/mol. The van der Waals surface area contributed by atoms with E-state index in [4.69, 9.17) is 0 Å². The number of aromatic hydroxyl groups is 1. The lowest BCUT2D eigenvalue weighted by Gasteiger charge is -2.17. The summed E-state index contributed by atoms with van der Waals surface area (Å²) >= 11 is 6.62. The monoisotopic (exact) mass is 348 g/mol. The van der Waals surface area contributed by atoms with Crippen molar-refractivity contribution in [1.29, 1.82) is 0 Å². The maximum atomic E-state index is 9.76. The van der Waals surface area contributed by atoms with Crippen molar-refractivity contribution >= 4 is 38.1 Å². The molecule has 0 radical (unpaired) electrons. The highest BCUT2D eigenvalue weighted by Crippen LogP contribution is 2.30. The Bertz CT molecular complexity index is 411. The van der Waals surface area contributed by atoms with Gasteiger partial charge in [0.15, 0.2) is 0 Å². The molecule has 1 aromatic rings. The van der Waals surface area contributed by atoms with Gasteiger partial charge in [0.2, 0.25) is 0 Å². The first-order valence-electron chi connectivity index (χ1n) is 4.78. The molecule has 0 fully saturated rings. The van der Waals surface area contributed by atoms with Gasteiger partial charge in [0.25, 0.3) is 0 Å². The number of phenolic OH excluding ortho intramolecular Hbond substituents is 1. The van der Waals surface area contributed by atoms with Gasteiger partial charge in [-0.2, -0.15) is 5.10 Å². The van der Waals surface area contributed by atoms with Gasteiger partial charge in [-0.3, -0.25) is 0 Å². The minimum absolute atomic E-state index is 0.0879. The molecule has 0 unspecified atom stereocenters. The molecule has 0 aliphatic rings. The summed E-state index contributed by atoms with van der Waals surface area (Å²) in [5.74, 6) is 0.183. The Labute approximate surface area is 112 Å². The van der Waals surface area contributed by atoms with Crippen molar-refractivity contribution in [3.05, 3.63) is 26.6 Å². The lowest BCUT2D eigenvalue weighted by atomic mass is 10.1. The van der Waals surface area contributed by atoms with Gasteiger partial charge in [0.1, 0.15) is 5.75 Å². The van der Waals surface area contributed by atoms with Crippen LogP contribution in [0.25, 0.3) is 0 Å². The molecule has 1 aromatic carbocycles. The Morgan fingerprint density at radius 2 is 1.94 bits per heavy atom. The number of benzene rings is 1. The molecule has 0 saturated heterocycles. The van der Waals surface area contributed by atoms with Crippen LogP contribution in [-0.2, 0) is 0 Å². The fourth-order valence-electron chi connectivity index (χ4n) is 0.980. The number of nitrogens with zero attached hydrogens (tertiary/aromatic N) is 1. The molecule has 3 nitrogen and oxygen atoms in total. The summed E-state index contributed by atoms with van der Waals surface area (Å²) in [7, 11) is 0. The van der Waals surface area contributed by atoms with E-state index in [1.54, 1.807) is 18.3 Å². The van der Waals surface area contributed by atoms with Crippen LogP contribution in [0.1, 0.15) is 26.3 Å². The molecule has 0 aromatic heterocycles. The summed E-state index contributed by atoms with van der Waals surface area (Å²) in [6.45, 7) is 6.04. The van der Waals surface area contributed by atoms with Gasteiger partial charge in [-0.25, -0.2) is 0 Å². The van der Waals surface area contributed by atoms with Crippen molar-refractivity contribution in [1.82, 2.24) is 5.43 Å². The van der Waals surface area contributed by atoms with E-state index in [9.17, 15) is 5.11 Å². The Balaban J connectivity index is 2.89. The molecule has 2 N–H and O–H groups in total. The zero-order chi connectivity index (χ0) is 12.3. The van der Waals surface area contributed by atoms with E-state index in [-0.39, 0.29) is 11.3 Å². The van der Waals surface area contributed by atoms with Crippen LogP contribution in [0.5, 0.6) is 5.75 Å². The highest BCUT2D eigenvalue weighted by molar-refractivity contribution is 9.11. The minimum Gasteiger partial charge on any atom is -0.506 e. The number of hydrazone groups is 1. The van der Waals surface area contributed by atoms with Crippen molar-refractivity contribution in [2.75, 3.05) is 0 Å². The van der Waals surface area contributed by atoms with E-state index in [1.807, 2.05) is 20.8 Å². The molecule has 0 heterocycles. The summed E-state index contributed by atoms with van der Waals surface area (Å²) in [5.41, 5.74) is 3.53. The third kappa shape index (κ3) is 4.14. The van der Waals surface area contributed by atoms with Crippen LogP contribution in [0.2, 0.25) is 0 Å². The molecule has 0 amide bonds. The fraction of sp³-hybridized carbons (Fsp3) is 0.364. The molecular formula is C11H14Br2N2O. The Kier molecular flexibility index (Phi) is 4.38. The summed E-state index contributed by atoms with van der Waals surface area (Å²) in [4.78, 5) is 0. The number of phenols is 1. The molecule has 5 heteroatoms. The third-order valence-electron chi connectivity index (χ3n) is 1.66. The number of hydrogen-bond acceptors (Lipinski definition) is 3. The van der Waals surface area contributed by atoms with Gasteiger partial charge in [0, 0.05) is 15.6 Å². The lowest BCUT2D eigenvalue weighted by molar-refractivity contribution is 0.441. The van der Waals surface area contributed by atoms with Crippen molar-refractivity contribution < 1.29 is 5.11 Å². The van der Waals surface area contributed by atoms with E-state index >= 15 is 0 Å². The Morgan fingerprint density at radius 3 is 2.50 bits per heavy atom. The topological polar surface area (TPSA) is 44.6 Å². The van der Waals surface area contributed by atoms with E-state index in [0.717, 1.165) is 4.47 Å². The first-order chi connectivity index (χ1) is 7.29. The van der Waals surface area contributed by atoms with Crippen LogP contribution in [0.15, 0.2) is 26.2 Å². The minimum atomic E-state index is -0.0879. The standard InChI is InChI=1S/C11H14Br2N2O/c1-11(2,3)15-14-6-7-4-8(12)5-9(13)10(7)16/h4-6,15-16H,1-3H3. The smallest absolute Gasteiger partial charge is 0.138 e. The van der Waals surface area contributed by atoms with E-state index in [1.165, 1.54) is 0 Å². The number of nitrogens with one attached hydrogen (secondary N) is 1. The van der Waals surface area contributed by atoms with Crippen molar-refractivity contribution in [3.8, 4) is 5.75 Å². The molecular weight excluding hydrogens is 336 g/mol. The molecule has 0 atom stereocenters. The average Bonchev–Trinajstić information content (AvgIpc) is 2.11. The largest absolute Gasteiger partial charge is 0.506 e. The van der Waals surface area contributed by atoms with Crippen LogP contribution in [0, 0.1) is 0 Å². The maximum absolute atomic E-state index is 9.76. The van der Waals surface area contributed by atoms with Crippen molar-refractivity contribution in [2.24, 2.45) is 5.10 Å². The van der Waals surface area contributed by atoms with Gasteiger partial charge < -0.3 is 10.5 Å². The average molecular weight is 350 g/mol. The molecule has 0 bridgehead atoms. The fourth-order valence-corrected chi connectivity index (χ4v) is 2.24. The second-order valence-corrected chi connectivity index (χ2v) is 6.22. The SMILES string of the molecule is CC(C)(C)NN=Cc1cc(Br)cc(Br)c1O. The molecule has 0 spiro atoms. The third-order valence-corrected chi connectivity index (χ3v) is 2.72. The molecule has 88 valence electrons. The zero-order valence-corrected chi connectivity index (χ0v) is 12.6. The number of hydrogen-bond donors (Lipinski definition) is 2. The van der Waals surface area contributed by atoms with E-state index < -0.39 is 0 Å². The number of halogens is 2. The van der Waals surface area contributed by atoms with Crippen molar-refractivity contribution in [2.45, 2.75) is 26.3 Å². The normalized spacial score (nSPS) is 12.1. The molecule has 1 rings (SSSR count). The number of rotatable bonds is 2. The highest BCUT2D eigenvalue weighted by Gasteiger charge is 2.08. The maximum Gasteiger partial charge on any atom is 0.138 e. The van der Waals surface area contributed by atoms with Gasteiger partial charge in [0.05, 0.1) is 10.7 Å². The first-order valence-corrected chi connectivity index (χ1v) is 6.36. The van der Waals surface area contributed by atoms with E-state index in [2.05, 4.69) is 42.4 Å². The zero-order valence-electron chi connectivity index (χ0n) is 9.38. The van der Waals surface area contributed by atoms with Gasteiger partial charge in [-0.05, 0) is 48.8 Å². The highest BCUT2D eigenvalue weighted by atomic mass is 79.9. The predicted octanol–water partition coefficient (Wildman–Crippen LogP) is 3.64. The molecule has 0 aliphatic heterocycles. The second-order valence-electron chi connectivity index (χ2n) is 4.45. The van der Waals surface area contributed by atoms with Crippen LogP contribution in [0.3, 0.4) is 0 Å². The molecule has 0 aliphatic carbocycles. The quantitative estimate of drug-likeness (QED) is 0.632. The van der Waals surface area contributed by atoms with Gasteiger partial charge in [-0.1, -0.05) is 15.9 Å². The summed E-state index contributed by atoms with van der Waals surface area (Å²) < 4.78 is 1.52. The lowest BCUT2D eigenvalue weighted by Crippen LogP contribution is -2.31. The Morgan fingerprint density at radius 1 is 1.31 bits per heavy atom. The van der Waals surface area contributed by atoms with Crippen LogP contribution < -0.4 is 5.43 Å². The van der Waals surface area contributed by atoms with Crippen LogP contribution >= 0.6 is 31.9 Å². The summed E-state index contributed by atoms with van der Waals surface area (Å²) in [5, 5.41) is 13.8. The molecule has 0 saturated carbocycles. The van der Waals surface area contributed by atoms with Gasteiger partial charge in [-0.15, -0.1) is 0 Å². The van der Waals surface area contributed by atoms with Crippen LogP contribution in [0.4, 0.5) is 0 Å².